The summed E-state index contributed by atoms with van der Waals surface area (Å²) in [6.07, 6.45) is 0. The van der Waals surface area contributed by atoms with Gasteiger partial charge in [0.15, 0.2) is 0 Å². The second kappa shape index (κ2) is 6.13. The summed E-state index contributed by atoms with van der Waals surface area (Å²) >= 11 is 0. The quantitative estimate of drug-likeness (QED) is 0.593. The number of rotatable bonds is 2. The molecule has 0 aliphatic heterocycles. The smallest absolute Gasteiger partial charge is 0.280 e. The van der Waals surface area contributed by atoms with Gasteiger partial charge in [-0.05, 0) is 62.6 Å². The summed E-state index contributed by atoms with van der Waals surface area (Å²) in [6, 6.07) is 15.1. The van der Waals surface area contributed by atoms with Crippen molar-refractivity contribution in [3.63, 3.8) is 0 Å². The largest absolute Gasteiger partial charge is 0.290 e. The zero-order chi connectivity index (χ0) is 19.3. The summed E-state index contributed by atoms with van der Waals surface area (Å²) in [7, 11) is 0. The molecule has 2 heterocycles. The fourth-order valence-corrected chi connectivity index (χ4v) is 3.76. The Morgan fingerprint density at radius 3 is 2.19 bits per heavy atom. The first-order valence-corrected chi connectivity index (χ1v) is 8.89. The minimum Gasteiger partial charge on any atom is -0.290 e. The van der Waals surface area contributed by atoms with Crippen molar-refractivity contribution in [1.82, 2.24) is 14.3 Å². The molecule has 0 radical (unpaired) electrons. The first-order chi connectivity index (χ1) is 12.9. The van der Waals surface area contributed by atoms with Crippen LogP contribution in [0.5, 0.6) is 0 Å². The molecular weight excluding hydrogens is 338 g/mol. The van der Waals surface area contributed by atoms with Gasteiger partial charge in [0.25, 0.3) is 11.1 Å². The maximum absolute atomic E-state index is 13.1. The molecule has 0 unspecified atom stereocenters. The Morgan fingerprint density at radius 2 is 1.52 bits per heavy atom. The van der Waals surface area contributed by atoms with Crippen LogP contribution in [0.15, 0.2) is 58.1 Å². The molecule has 2 aromatic heterocycles. The zero-order valence-electron chi connectivity index (χ0n) is 15.8. The number of para-hydroxylation sites is 1. The third kappa shape index (κ3) is 2.72. The third-order valence-electron chi connectivity index (χ3n) is 4.92. The molecule has 4 rings (SSSR count). The molecule has 5 nitrogen and oxygen atoms in total. The molecule has 0 spiro atoms. The van der Waals surface area contributed by atoms with E-state index in [4.69, 9.17) is 0 Å². The molecule has 4 aromatic rings. The monoisotopic (exact) mass is 359 g/mol. The van der Waals surface area contributed by atoms with Gasteiger partial charge in [-0.1, -0.05) is 24.3 Å². The van der Waals surface area contributed by atoms with Crippen molar-refractivity contribution in [3.05, 3.63) is 91.6 Å². The Labute approximate surface area is 156 Å². The highest BCUT2D eigenvalue weighted by Crippen LogP contribution is 2.19. The van der Waals surface area contributed by atoms with E-state index in [0.717, 1.165) is 28.1 Å². The van der Waals surface area contributed by atoms with Crippen LogP contribution in [-0.4, -0.2) is 14.3 Å². The van der Waals surface area contributed by atoms with Crippen LogP contribution in [0, 0.1) is 27.7 Å². The molecule has 0 atom stereocenters. The number of aryl methyl sites for hydroxylation is 4. The Hall–Kier alpha value is -3.34. The summed E-state index contributed by atoms with van der Waals surface area (Å²) in [5, 5.41) is 3.62. The molecular formula is C22H21N3O2. The fourth-order valence-electron chi connectivity index (χ4n) is 3.76. The van der Waals surface area contributed by atoms with Crippen LogP contribution in [0.3, 0.4) is 0 Å². The zero-order valence-corrected chi connectivity index (χ0v) is 15.8. The minimum absolute atomic E-state index is 0.157. The van der Waals surface area contributed by atoms with Gasteiger partial charge in [-0.2, -0.15) is 0 Å². The summed E-state index contributed by atoms with van der Waals surface area (Å²) in [5.41, 5.74) is 5.54. The Morgan fingerprint density at radius 1 is 0.852 bits per heavy atom. The van der Waals surface area contributed by atoms with Gasteiger partial charge in [0.1, 0.15) is 0 Å². The molecule has 5 heteroatoms. The predicted octanol–water partition coefficient (Wildman–Crippen LogP) is 3.70. The van der Waals surface area contributed by atoms with Crippen molar-refractivity contribution in [3.8, 4) is 11.4 Å². The number of aromatic nitrogens is 3. The third-order valence-corrected chi connectivity index (χ3v) is 4.92. The van der Waals surface area contributed by atoms with Gasteiger partial charge in [0.05, 0.1) is 16.6 Å². The van der Waals surface area contributed by atoms with Crippen molar-refractivity contribution in [2.24, 2.45) is 0 Å². The number of aromatic amines is 1. The SMILES string of the molecule is Cc1cc(C)cc(-n2c(C)c3c(=O)n(-c4ccccc4C)[nH]c3cc2=O)c1. The van der Waals surface area contributed by atoms with Crippen LogP contribution in [0.1, 0.15) is 22.4 Å². The van der Waals surface area contributed by atoms with Crippen LogP contribution < -0.4 is 11.1 Å². The maximum Gasteiger partial charge on any atom is 0.280 e. The van der Waals surface area contributed by atoms with Gasteiger partial charge in [0.2, 0.25) is 0 Å². The van der Waals surface area contributed by atoms with E-state index in [1.165, 1.54) is 10.7 Å². The fraction of sp³-hybridized carbons (Fsp3) is 0.182. The van der Waals surface area contributed by atoms with Gasteiger partial charge < -0.3 is 0 Å². The molecule has 0 saturated carbocycles. The van der Waals surface area contributed by atoms with E-state index in [1.807, 2.05) is 64.1 Å². The molecule has 0 fully saturated rings. The van der Waals surface area contributed by atoms with E-state index in [0.29, 0.717) is 16.6 Å². The topological polar surface area (TPSA) is 59.8 Å². The van der Waals surface area contributed by atoms with Crippen molar-refractivity contribution >= 4 is 10.9 Å². The number of nitrogens with zero attached hydrogens (tertiary/aromatic N) is 2. The average Bonchev–Trinajstić information content (AvgIpc) is 2.91. The Bertz CT molecular complexity index is 1290. The highest BCUT2D eigenvalue weighted by Gasteiger charge is 2.17. The molecule has 1 N–H and O–H groups in total. The van der Waals surface area contributed by atoms with E-state index in [-0.39, 0.29) is 11.1 Å². The maximum atomic E-state index is 13.1. The van der Waals surface area contributed by atoms with Crippen LogP contribution in [-0.2, 0) is 0 Å². The lowest BCUT2D eigenvalue weighted by Gasteiger charge is -2.12. The second-order valence-corrected chi connectivity index (χ2v) is 7.08. The molecule has 0 aliphatic rings. The lowest BCUT2D eigenvalue weighted by Crippen LogP contribution is -2.22. The standard InChI is InChI=1S/C22H21N3O2/c1-13-9-14(2)11-17(10-13)24-16(4)21-18(12-20(24)26)23-25(22(21)27)19-8-6-5-7-15(19)3/h5-12,23H,1-4H3. The normalized spacial score (nSPS) is 11.3. The van der Waals surface area contributed by atoms with E-state index in [2.05, 4.69) is 11.2 Å². The molecule has 0 aliphatic carbocycles. The van der Waals surface area contributed by atoms with Gasteiger partial charge >= 0.3 is 0 Å². The lowest BCUT2D eigenvalue weighted by atomic mass is 10.1. The molecule has 2 aromatic carbocycles. The number of pyridine rings is 1. The highest BCUT2D eigenvalue weighted by atomic mass is 16.1. The predicted molar refractivity (Wildman–Crippen MR) is 108 cm³/mol. The van der Waals surface area contributed by atoms with Gasteiger partial charge in [-0.3, -0.25) is 19.3 Å². The van der Waals surface area contributed by atoms with Crippen LogP contribution in [0.25, 0.3) is 22.3 Å². The average molecular weight is 359 g/mol. The van der Waals surface area contributed by atoms with E-state index in [9.17, 15) is 9.59 Å². The van der Waals surface area contributed by atoms with E-state index in [1.54, 1.807) is 4.57 Å². The number of fused-ring (bicyclic) bond motifs is 1. The number of hydrogen-bond acceptors (Lipinski definition) is 2. The molecule has 27 heavy (non-hydrogen) atoms. The Kier molecular flexibility index (Phi) is 3.88. The lowest BCUT2D eigenvalue weighted by molar-refractivity contribution is 0.856. The van der Waals surface area contributed by atoms with Gasteiger partial charge in [0, 0.05) is 17.4 Å². The summed E-state index contributed by atoms with van der Waals surface area (Å²) < 4.78 is 3.12. The number of H-pyrrole nitrogens is 1. The molecule has 136 valence electrons. The van der Waals surface area contributed by atoms with Gasteiger partial charge in [-0.25, -0.2) is 4.68 Å². The number of nitrogens with one attached hydrogen (secondary N) is 1. The van der Waals surface area contributed by atoms with Gasteiger partial charge in [-0.15, -0.1) is 0 Å². The molecule has 0 bridgehead atoms. The van der Waals surface area contributed by atoms with Crippen LogP contribution in [0.2, 0.25) is 0 Å². The van der Waals surface area contributed by atoms with E-state index >= 15 is 0 Å². The van der Waals surface area contributed by atoms with Crippen LogP contribution >= 0.6 is 0 Å². The minimum atomic E-state index is -0.164. The van der Waals surface area contributed by atoms with Crippen molar-refractivity contribution in [2.75, 3.05) is 0 Å². The van der Waals surface area contributed by atoms with Crippen molar-refractivity contribution in [1.29, 1.82) is 0 Å². The van der Waals surface area contributed by atoms with Crippen LogP contribution in [0.4, 0.5) is 0 Å². The summed E-state index contributed by atoms with van der Waals surface area (Å²) in [5.74, 6) is 0. The highest BCUT2D eigenvalue weighted by molar-refractivity contribution is 5.81. The molecule has 0 saturated heterocycles. The first-order valence-electron chi connectivity index (χ1n) is 8.89. The first kappa shape index (κ1) is 17.1. The Balaban J connectivity index is 2.05. The van der Waals surface area contributed by atoms with Crippen molar-refractivity contribution in [2.45, 2.75) is 27.7 Å². The second-order valence-electron chi connectivity index (χ2n) is 7.08. The van der Waals surface area contributed by atoms with E-state index < -0.39 is 0 Å². The number of hydrogen-bond donors (Lipinski definition) is 1. The van der Waals surface area contributed by atoms with Crippen molar-refractivity contribution < 1.29 is 0 Å². The molecule has 0 amide bonds. The summed E-state index contributed by atoms with van der Waals surface area (Å²) in [4.78, 5) is 26.0. The number of benzene rings is 2. The summed E-state index contributed by atoms with van der Waals surface area (Å²) in [6.45, 7) is 7.77.